The number of nitrogens with zero attached hydrogens (tertiary/aromatic N) is 1. The third-order valence-corrected chi connectivity index (χ3v) is 3.08. The number of aryl methyl sites for hydroxylation is 1. The van der Waals surface area contributed by atoms with Crippen LogP contribution in [0.2, 0.25) is 0 Å². The fraction of sp³-hybridized carbons (Fsp3) is 0.0833. The normalized spacial score (nSPS) is 9.83. The van der Waals surface area contributed by atoms with Crippen molar-refractivity contribution >= 4 is 23.2 Å². The van der Waals surface area contributed by atoms with Gasteiger partial charge in [0.25, 0.3) is 11.8 Å². The summed E-state index contributed by atoms with van der Waals surface area (Å²) in [6.07, 6.45) is 1.46. The van der Waals surface area contributed by atoms with Gasteiger partial charge in [-0.3, -0.25) is 25.4 Å². The first-order valence-corrected chi connectivity index (χ1v) is 6.11. The van der Waals surface area contributed by atoms with Crippen molar-refractivity contribution in [2.24, 2.45) is 0 Å². The van der Waals surface area contributed by atoms with Gasteiger partial charge in [0, 0.05) is 11.9 Å². The second-order valence-electron chi connectivity index (χ2n) is 3.57. The van der Waals surface area contributed by atoms with Crippen molar-refractivity contribution in [1.82, 2.24) is 15.8 Å². The van der Waals surface area contributed by atoms with Crippen molar-refractivity contribution in [1.29, 1.82) is 0 Å². The highest BCUT2D eigenvalue weighted by atomic mass is 32.1. The van der Waals surface area contributed by atoms with Crippen LogP contribution in [0.1, 0.15) is 25.7 Å². The molecule has 0 saturated carbocycles. The van der Waals surface area contributed by atoms with E-state index in [9.17, 15) is 9.59 Å². The number of nitrogens with one attached hydrogen (secondary N) is 2. The molecule has 2 heterocycles. The minimum Gasteiger partial charge on any atom is -0.267 e. The molecule has 92 valence electrons. The van der Waals surface area contributed by atoms with Crippen LogP contribution in [0.3, 0.4) is 0 Å². The highest BCUT2D eigenvalue weighted by Gasteiger charge is 2.09. The number of hydrogen-bond acceptors (Lipinski definition) is 4. The molecule has 0 aliphatic heterocycles. The number of amides is 2. The molecule has 5 nitrogen and oxygen atoms in total. The zero-order valence-corrected chi connectivity index (χ0v) is 10.5. The minimum atomic E-state index is -0.396. The predicted molar refractivity (Wildman–Crippen MR) is 68.2 cm³/mol. The summed E-state index contributed by atoms with van der Waals surface area (Å²) < 4.78 is 0. The molecule has 2 aromatic heterocycles. The monoisotopic (exact) mass is 261 g/mol. The SMILES string of the molecule is Cc1ccc(C(=O)NNC(=O)c2cccs2)cn1. The van der Waals surface area contributed by atoms with Crippen molar-refractivity contribution in [2.75, 3.05) is 0 Å². The van der Waals surface area contributed by atoms with E-state index in [1.54, 1.807) is 29.6 Å². The van der Waals surface area contributed by atoms with Gasteiger partial charge in [0.1, 0.15) is 0 Å². The predicted octanol–water partition coefficient (Wildman–Crippen LogP) is 1.53. The number of rotatable bonds is 2. The number of carbonyl (C=O) groups is 2. The van der Waals surface area contributed by atoms with Crippen LogP contribution < -0.4 is 10.9 Å². The summed E-state index contributed by atoms with van der Waals surface area (Å²) in [5.74, 6) is -0.731. The van der Waals surface area contributed by atoms with E-state index in [-0.39, 0.29) is 5.91 Å². The Morgan fingerprint density at radius 3 is 2.56 bits per heavy atom. The third-order valence-electron chi connectivity index (χ3n) is 2.21. The summed E-state index contributed by atoms with van der Waals surface area (Å²) in [6, 6.07) is 6.83. The number of aromatic nitrogens is 1. The molecule has 2 N–H and O–H groups in total. The summed E-state index contributed by atoms with van der Waals surface area (Å²) in [6.45, 7) is 1.83. The van der Waals surface area contributed by atoms with E-state index in [0.717, 1.165) is 5.69 Å². The van der Waals surface area contributed by atoms with Crippen LogP contribution in [0.15, 0.2) is 35.8 Å². The summed E-state index contributed by atoms with van der Waals surface area (Å²) >= 11 is 1.30. The third kappa shape index (κ3) is 2.92. The molecular weight excluding hydrogens is 250 g/mol. The van der Waals surface area contributed by atoms with Crippen LogP contribution in [0.25, 0.3) is 0 Å². The number of pyridine rings is 1. The Labute approximate surface area is 108 Å². The van der Waals surface area contributed by atoms with Gasteiger partial charge in [-0.25, -0.2) is 0 Å². The number of carbonyl (C=O) groups excluding carboxylic acids is 2. The Balaban J connectivity index is 1.92. The molecule has 6 heteroatoms. The zero-order chi connectivity index (χ0) is 13.0. The van der Waals surface area contributed by atoms with Crippen molar-refractivity contribution in [3.8, 4) is 0 Å². The van der Waals surface area contributed by atoms with Crippen LogP contribution in [0.5, 0.6) is 0 Å². The van der Waals surface area contributed by atoms with Crippen LogP contribution in [0, 0.1) is 6.92 Å². The van der Waals surface area contributed by atoms with E-state index >= 15 is 0 Å². The van der Waals surface area contributed by atoms with Gasteiger partial charge in [-0.05, 0) is 30.5 Å². The molecule has 0 unspecified atom stereocenters. The van der Waals surface area contributed by atoms with Gasteiger partial charge in [0.15, 0.2) is 0 Å². The van der Waals surface area contributed by atoms with Gasteiger partial charge in [0.05, 0.1) is 10.4 Å². The molecule has 0 fully saturated rings. The molecule has 0 saturated heterocycles. The first-order chi connectivity index (χ1) is 8.66. The Hall–Kier alpha value is -2.21. The first-order valence-electron chi connectivity index (χ1n) is 5.23. The van der Waals surface area contributed by atoms with E-state index in [1.165, 1.54) is 17.5 Å². The van der Waals surface area contributed by atoms with E-state index in [4.69, 9.17) is 0 Å². The van der Waals surface area contributed by atoms with Crippen molar-refractivity contribution in [2.45, 2.75) is 6.92 Å². The summed E-state index contributed by atoms with van der Waals surface area (Å²) in [7, 11) is 0. The summed E-state index contributed by atoms with van der Waals surface area (Å²) in [5, 5.41) is 1.79. The van der Waals surface area contributed by atoms with Crippen molar-refractivity contribution in [3.63, 3.8) is 0 Å². The Morgan fingerprint density at radius 2 is 1.94 bits per heavy atom. The van der Waals surface area contributed by atoms with E-state index in [1.807, 2.05) is 6.92 Å². The number of thiophene rings is 1. The zero-order valence-electron chi connectivity index (χ0n) is 9.64. The highest BCUT2D eigenvalue weighted by Crippen LogP contribution is 2.07. The molecular formula is C12H11N3O2S. The van der Waals surface area contributed by atoms with Crippen molar-refractivity contribution in [3.05, 3.63) is 52.0 Å². The average Bonchev–Trinajstić information content (AvgIpc) is 2.90. The molecule has 0 aliphatic carbocycles. The maximum Gasteiger partial charge on any atom is 0.279 e. The molecule has 18 heavy (non-hydrogen) atoms. The van der Waals surface area contributed by atoms with Gasteiger partial charge >= 0.3 is 0 Å². The average molecular weight is 261 g/mol. The van der Waals surface area contributed by atoms with Crippen LogP contribution in [0.4, 0.5) is 0 Å². The van der Waals surface area contributed by atoms with Gasteiger partial charge in [-0.1, -0.05) is 6.07 Å². The highest BCUT2D eigenvalue weighted by molar-refractivity contribution is 7.12. The molecule has 0 spiro atoms. The van der Waals surface area contributed by atoms with E-state index < -0.39 is 5.91 Å². The fourth-order valence-electron chi connectivity index (χ4n) is 1.26. The lowest BCUT2D eigenvalue weighted by Gasteiger charge is -2.05. The van der Waals surface area contributed by atoms with E-state index in [2.05, 4.69) is 15.8 Å². The van der Waals surface area contributed by atoms with Crippen LogP contribution >= 0.6 is 11.3 Å². The maximum atomic E-state index is 11.7. The molecule has 0 radical (unpaired) electrons. The molecule has 0 bridgehead atoms. The van der Waals surface area contributed by atoms with Crippen LogP contribution in [-0.2, 0) is 0 Å². The lowest BCUT2D eigenvalue weighted by molar-refractivity contribution is 0.0848. The van der Waals surface area contributed by atoms with Gasteiger partial charge in [0.2, 0.25) is 0 Å². The number of hydrogen-bond donors (Lipinski definition) is 2. The molecule has 0 aromatic carbocycles. The molecule has 2 aromatic rings. The second-order valence-corrected chi connectivity index (χ2v) is 4.52. The fourth-order valence-corrected chi connectivity index (χ4v) is 1.88. The first kappa shape index (κ1) is 12.3. The topological polar surface area (TPSA) is 71.1 Å². The van der Waals surface area contributed by atoms with Gasteiger partial charge < -0.3 is 0 Å². The molecule has 2 amide bonds. The van der Waals surface area contributed by atoms with Crippen molar-refractivity contribution < 1.29 is 9.59 Å². The van der Waals surface area contributed by atoms with Gasteiger partial charge in [-0.15, -0.1) is 11.3 Å². The molecule has 2 rings (SSSR count). The largest absolute Gasteiger partial charge is 0.279 e. The Bertz CT molecular complexity index is 549. The standard InChI is InChI=1S/C12H11N3O2S/c1-8-4-5-9(7-13-8)11(16)14-15-12(17)10-3-2-6-18-10/h2-7H,1H3,(H,14,16)(H,15,17). The quantitative estimate of drug-likeness (QED) is 0.805. The Morgan fingerprint density at radius 1 is 1.17 bits per heavy atom. The molecule has 0 atom stereocenters. The van der Waals surface area contributed by atoms with Gasteiger partial charge in [-0.2, -0.15) is 0 Å². The smallest absolute Gasteiger partial charge is 0.267 e. The summed E-state index contributed by atoms with van der Waals surface area (Å²) in [4.78, 5) is 27.8. The Kier molecular flexibility index (Phi) is 3.69. The van der Waals surface area contributed by atoms with Crippen LogP contribution in [-0.4, -0.2) is 16.8 Å². The minimum absolute atomic E-state index is 0.335. The second kappa shape index (κ2) is 5.42. The van der Waals surface area contributed by atoms with E-state index in [0.29, 0.717) is 10.4 Å². The maximum absolute atomic E-state index is 11.7. The molecule has 0 aliphatic rings. The lowest BCUT2D eigenvalue weighted by atomic mass is 10.2. The summed E-state index contributed by atoms with van der Waals surface area (Å²) in [5.41, 5.74) is 5.90. The lowest BCUT2D eigenvalue weighted by Crippen LogP contribution is -2.41. The number of hydrazine groups is 1.